The first-order valence-corrected chi connectivity index (χ1v) is 37.2. The second-order valence-corrected chi connectivity index (χ2v) is 27.4. The molecule has 0 fully saturated rings. The number of nitrogens with zero attached hydrogens (tertiary/aromatic N) is 1. The average molecular weight is 1150 g/mol. The summed E-state index contributed by atoms with van der Waals surface area (Å²) in [4.78, 5) is 23.4. The van der Waals surface area contributed by atoms with Gasteiger partial charge in [0.05, 0.1) is 39.9 Å². The summed E-state index contributed by atoms with van der Waals surface area (Å²) in [7, 11) is 1.57. The molecule has 0 aliphatic rings. The van der Waals surface area contributed by atoms with Gasteiger partial charge in [-0.05, 0) is 32.1 Å². The molecule has 0 aromatic rings. The van der Waals surface area contributed by atoms with Crippen LogP contribution in [0.5, 0.6) is 0 Å². The molecule has 80 heavy (non-hydrogen) atoms. The van der Waals surface area contributed by atoms with Crippen LogP contribution in [0.2, 0.25) is 0 Å². The van der Waals surface area contributed by atoms with Crippen LogP contribution in [0.4, 0.5) is 0 Å². The lowest BCUT2D eigenvalue weighted by molar-refractivity contribution is -0.870. The number of carbonyl (C=O) groups is 1. The number of nitrogens with one attached hydrogen (secondary N) is 1. The van der Waals surface area contributed by atoms with Crippen molar-refractivity contribution in [3.63, 3.8) is 0 Å². The van der Waals surface area contributed by atoms with Crippen molar-refractivity contribution in [2.24, 2.45) is 0 Å². The minimum absolute atomic E-state index is 0.0590. The van der Waals surface area contributed by atoms with Gasteiger partial charge in [-0.2, -0.15) is 0 Å². The van der Waals surface area contributed by atoms with E-state index in [-0.39, 0.29) is 19.1 Å². The normalized spacial score (nSPS) is 13.7. The van der Waals surface area contributed by atoms with Crippen molar-refractivity contribution in [2.75, 3.05) is 40.9 Å². The molecule has 0 bridgehead atoms. The zero-order valence-electron chi connectivity index (χ0n) is 54.6. The Morgan fingerprint density at radius 2 is 0.688 bits per heavy atom. The third-order valence-corrected chi connectivity index (χ3v) is 17.7. The van der Waals surface area contributed by atoms with Gasteiger partial charge in [-0.25, -0.2) is 4.57 Å². The lowest BCUT2D eigenvalue weighted by Crippen LogP contribution is -2.45. The van der Waals surface area contributed by atoms with Crippen LogP contribution in [0, 0.1) is 0 Å². The zero-order valence-corrected chi connectivity index (χ0v) is 55.5. The molecule has 8 nitrogen and oxygen atoms in total. The van der Waals surface area contributed by atoms with E-state index in [0.717, 1.165) is 38.5 Å². The molecule has 3 N–H and O–H groups in total. The number of hydrogen-bond donors (Lipinski definition) is 3. The molecular weight excluding hydrogens is 1010 g/mol. The third-order valence-electron chi connectivity index (χ3n) is 16.7. The summed E-state index contributed by atoms with van der Waals surface area (Å²) in [6, 6.07) is -0.861. The van der Waals surface area contributed by atoms with Crippen molar-refractivity contribution < 1.29 is 32.9 Å². The van der Waals surface area contributed by atoms with Crippen LogP contribution in [0.15, 0.2) is 24.3 Å². The summed E-state index contributed by atoms with van der Waals surface area (Å²) in [6.07, 6.45) is 82.1. The fraction of sp³-hybridized carbons (Fsp3) is 0.930. The fourth-order valence-corrected chi connectivity index (χ4v) is 11.9. The Kier molecular flexibility index (Phi) is 61.7. The second kappa shape index (κ2) is 62.5. The number of carbonyl (C=O) groups excluding carboxylic acids is 1. The van der Waals surface area contributed by atoms with Gasteiger partial charge in [0.25, 0.3) is 0 Å². The first-order chi connectivity index (χ1) is 39.0. The fourth-order valence-electron chi connectivity index (χ4n) is 11.1. The Balaban J connectivity index is 3.98. The Bertz CT molecular complexity index is 1350. The Hall–Kier alpha value is -1.02. The molecule has 9 heteroatoms. The number of amides is 1. The minimum atomic E-state index is -4.36. The average Bonchev–Trinajstić information content (AvgIpc) is 3.42. The maximum absolute atomic E-state index is 13.0. The predicted octanol–water partition coefficient (Wildman–Crippen LogP) is 22.7. The van der Waals surface area contributed by atoms with Gasteiger partial charge in [-0.15, -0.1) is 0 Å². The van der Waals surface area contributed by atoms with Crippen molar-refractivity contribution in [3.8, 4) is 0 Å². The van der Waals surface area contributed by atoms with Gasteiger partial charge in [0.2, 0.25) is 5.91 Å². The number of unbranched alkanes of at least 4 members (excludes halogenated alkanes) is 52. The summed E-state index contributed by atoms with van der Waals surface area (Å²) in [6.45, 7) is 4.86. The second-order valence-electron chi connectivity index (χ2n) is 26.0. The third kappa shape index (κ3) is 64.5. The number of aliphatic hydroxyl groups excluding tert-OH is 1. The summed E-state index contributed by atoms with van der Waals surface area (Å²) < 4.78 is 23.8. The van der Waals surface area contributed by atoms with E-state index in [2.05, 4.69) is 31.3 Å². The van der Waals surface area contributed by atoms with Gasteiger partial charge in [0, 0.05) is 6.42 Å². The molecule has 1 amide bonds. The highest BCUT2D eigenvalue weighted by atomic mass is 31.2. The van der Waals surface area contributed by atoms with Gasteiger partial charge in [-0.1, -0.05) is 359 Å². The van der Waals surface area contributed by atoms with E-state index in [1.807, 2.05) is 27.2 Å². The van der Waals surface area contributed by atoms with Crippen molar-refractivity contribution in [1.29, 1.82) is 0 Å². The number of phosphoric acid groups is 1. The minimum Gasteiger partial charge on any atom is -0.387 e. The number of aliphatic hydroxyl groups is 1. The van der Waals surface area contributed by atoms with E-state index in [1.165, 1.54) is 315 Å². The number of phosphoric ester groups is 1. The van der Waals surface area contributed by atoms with Crippen molar-refractivity contribution in [1.82, 2.24) is 5.32 Å². The molecule has 0 aromatic carbocycles. The van der Waals surface area contributed by atoms with E-state index in [4.69, 9.17) is 9.05 Å². The number of quaternary nitrogens is 1. The maximum atomic E-state index is 13.0. The van der Waals surface area contributed by atoms with Gasteiger partial charge in [-0.3, -0.25) is 13.8 Å². The van der Waals surface area contributed by atoms with Crippen LogP contribution in [0.3, 0.4) is 0 Å². The van der Waals surface area contributed by atoms with E-state index < -0.39 is 20.0 Å². The molecule has 0 saturated heterocycles. The molecule has 0 aliphatic heterocycles. The van der Waals surface area contributed by atoms with Crippen LogP contribution in [0.1, 0.15) is 373 Å². The van der Waals surface area contributed by atoms with Crippen LogP contribution < -0.4 is 5.32 Å². The van der Waals surface area contributed by atoms with Crippen LogP contribution in [-0.2, 0) is 18.4 Å². The lowest BCUT2D eigenvalue weighted by Gasteiger charge is -2.25. The van der Waals surface area contributed by atoms with E-state index in [1.54, 1.807) is 6.08 Å². The number of likely N-dealkylation sites (N-methyl/N-ethyl adjacent to an activating group) is 1. The molecule has 0 aromatic heterocycles. The molecule has 476 valence electrons. The summed E-state index contributed by atoms with van der Waals surface area (Å²) in [5, 5.41) is 14.0. The summed E-state index contributed by atoms with van der Waals surface area (Å²) in [5.41, 5.74) is 0. The van der Waals surface area contributed by atoms with Gasteiger partial charge in [0.1, 0.15) is 13.2 Å². The first kappa shape index (κ1) is 79.0. The molecule has 0 spiro atoms. The topological polar surface area (TPSA) is 105 Å². The Labute approximate surface area is 500 Å². The van der Waals surface area contributed by atoms with Crippen LogP contribution in [0.25, 0.3) is 0 Å². The quantitative estimate of drug-likeness (QED) is 0.0243. The summed E-state index contributed by atoms with van der Waals surface area (Å²) >= 11 is 0. The van der Waals surface area contributed by atoms with Crippen molar-refractivity contribution in [2.45, 2.75) is 386 Å². The number of allylic oxidation sites excluding steroid dienone is 3. The maximum Gasteiger partial charge on any atom is 0.472 e. The van der Waals surface area contributed by atoms with Gasteiger partial charge >= 0.3 is 7.82 Å². The SMILES string of the molecule is CCCCCCCCCCCCCCCCCC/C=C/CC/C=C/C(O)C(COP(=O)(O)OCC[N+](C)(C)C)NC(=O)CCCCCCCCCCCCCCCCCCCCCCCCCCCCCCCCCCCCCC. The van der Waals surface area contributed by atoms with Crippen LogP contribution in [-0.4, -0.2) is 73.4 Å². The standard InChI is InChI=1S/C71H141N2O6P/c1-6-8-10-12-14-16-18-20-22-24-26-28-30-31-32-33-34-35-36-37-38-39-40-41-42-43-45-47-49-51-53-55-57-59-61-63-65-71(75)72-69(68-79-80(76,77)78-67-66-73(3,4)5)70(74)64-62-60-58-56-54-52-50-48-46-44-29-27-25-23-21-19-17-15-13-11-9-7-2/h54,56,62,64,69-70,74H,6-53,55,57-61,63,65-68H2,1-5H3,(H-,72,75,76,77)/p+1/b56-54+,64-62+. The predicted molar refractivity (Wildman–Crippen MR) is 351 cm³/mol. The highest BCUT2D eigenvalue weighted by molar-refractivity contribution is 7.47. The largest absolute Gasteiger partial charge is 0.472 e. The van der Waals surface area contributed by atoms with Crippen molar-refractivity contribution in [3.05, 3.63) is 24.3 Å². The van der Waals surface area contributed by atoms with Gasteiger partial charge in [0.15, 0.2) is 0 Å². The van der Waals surface area contributed by atoms with Crippen molar-refractivity contribution >= 4 is 13.7 Å². The molecule has 0 heterocycles. The smallest absolute Gasteiger partial charge is 0.387 e. The van der Waals surface area contributed by atoms with Crippen LogP contribution >= 0.6 is 7.82 Å². The Morgan fingerprint density at radius 1 is 0.412 bits per heavy atom. The Morgan fingerprint density at radius 3 is 1.00 bits per heavy atom. The van der Waals surface area contributed by atoms with E-state index in [0.29, 0.717) is 17.4 Å². The first-order valence-electron chi connectivity index (χ1n) is 35.7. The summed E-state index contributed by atoms with van der Waals surface area (Å²) in [5.74, 6) is -0.178. The molecule has 3 atom stereocenters. The van der Waals surface area contributed by atoms with Gasteiger partial charge < -0.3 is 19.8 Å². The molecular formula is C71H142N2O6P+. The molecule has 3 unspecified atom stereocenters. The molecule has 0 aliphatic carbocycles. The van der Waals surface area contributed by atoms with E-state index >= 15 is 0 Å². The number of hydrogen-bond acceptors (Lipinski definition) is 5. The molecule has 0 rings (SSSR count). The highest BCUT2D eigenvalue weighted by Crippen LogP contribution is 2.43. The lowest BCUT2D eigenvalue weighted by atomic mass is 10.0. The monoisotopic (exact) mass is 1150 g/mol. The van der Waals surface area contributed by atoms with E-state index in [9.17, 15) is 19.4 Å². The molecule has 0 radical (unpaired) electrons. The number of rotatable bonds is 67. The molecule has 0 saturated carbocycles. The zero-order chi connectivity index (χ0) is 58.4. The highest BCUT2D eigenvalue weighted by Gasteiger charge is 2.28.